The molecule has 1 N–H and O–H groups in total. The highest BCUT2D eigenvalue weighted by molar-refractivity contribution is 5.98. The second kappa shape index (κ2) is 5.64. The van der Waals surface area contributed by atoms with Crippen LogP contribution in [0.5, 0.6) is 0 Å². The van der Waals surface area contributed by atoms with Crippen LogP contribution >= 0.6 is 0 Å². The molecule has 5 heteroatoms. The van der Waals surface area contributed by atoms with E-state index in [1.54, 1.807) is 6.07 Å². The lowest BCUT2D eigenvalue weighted by atomic mass is 9.92. The molecule has 1 amide bonds. The van der Waals surface area contributed by atoms with Crippen LogP contribution in [-0.2, 0) is 0 Å². The van der Waals surface area contributed by atoms with Crippen molar-refractivity contribution in [1.29, 1.82) is 0 Å². The smallest absolute Gasteiger partial charge is 0.289 e. The third-order valence-corrected chi connectivity index (χ3v) is 5.40. The first-order valence-corrected chi connectivity index (χ1v) is 8.32. The summed E-state index contributed by atoms with van der Waals surface area (Å²) >= 11 is 0. The molecule has 0 saturated carbocycles. The molecule has 0 unspecified atom stereocenters. The molecule has 122 valence electrons. The van der Waals surface area contributed by atoms with E-state index in [1.807, 2.05) is 11.8 Å². The second-order valence-corrected chi connectivity index (χ2v) is 6.74. The predicted molar refractivity (Wildman–Crippen MR) is 85.9 cm³/mol. The predicted octanol–water partition coefficient (Wildman–Crippen LogP) is 2.95. The number of furan rings is 1. The van der Waals surface area contributed by atoms with Crippen LogP contribution in [0.4, 0.5) is 4.39 Å². The fraction of sp³-hybridized carbons (Fsp3) is 0.500. The molecule has 0 aliphatic carbocycles. The molecule has 2 aromatic rings. The first-order valence-electron chi connectivity index (χ1n) is 8.32. The number of halogens is 1. The average Bonchev–Trinajstić information content (AvgIpc) is 3.06. The second-order valence-electron chi connectivity index (χ2n) is 6.74. The van der Waals surface area contributed by atoms with Gasteiger partial charge >= 0.3 is 0 Å². The Bertz CT molecular complexity index is 741. The Morgan fingerprint density at radius 3 is 2.65 bits per heavy atom. The van der Waals surface area contributed by atoms with Gasteiger partial charge in [0.05, 0.1) is 0 Å². The van der Waals surface area contributed by atoms with Gasteiger partial charge in [-0.1, -0.05) is 0 Å². The molecule has 2 saturated heterocycles. The van der Waals surface area contributed by atoms with Crippen molar-refractivity contribution < 1.29 is 13.6 Å². The van der Waals surface area contributed by atoms with Crippen molar-refractivity contribution in [3.8, 4) is 0 Å². The monoisotopic (exact) mass is 316 g/mol. The minimum atomic E-state index is -0.310. The summed E-state index contributed by atoms with van der Waals surface area (Å²) in [6, 6.07) is 4.38. The third kappa shape index (κ3) is 2.53. The zero-order chi connectivity index (χ0) is 16.0. The normalized spacial score (nSPS) is 24.7. The molecule has 3 heterocycles. The number of aryl methyl sites for hydroxylation is 1. The first kappa shape index (κ1) is 14.7. The molecule has 4 rings (SSSR count). The molecule has 4 nitrogen and oxygen atoms in total. The van der Waals surface area contributed by atoms with Gasteiger partial charge in [0, 0.05) is 24.0 Å². The number of hydrogen-bond acceptors (Lipinski definition) is 3. The van der Waals surface area contributed by atoms with Gasteiger partial charge in [0.25, 0.3) is 5.91 Å². The van der Waals surface area contributed by atoms with Gasteiger partial charge in [-0.05, 0) is 62.9 Å². The van der Waals surface area contributed by atoms with Crippen LogP contribution in [0.3, 0.4) is 0 Å². The van der Waals surface area contributed by atoms with E-state index in [9.17, 15) is 9.18 Å². The molecule has 1 aromatic carbocycles. The number of rotatable bonds is 1. The number of nitrogens with zero attached hydrogens (tertiary/aromatic N) is 1. The summed E-state index contributed by atoms with van der Waals surface area (Å²) in [4.78, 5) is 14.8. The molecular formula is C18H21FN2O2. The quantitative estimate of drug-likeness (QED) is 0.880. The number of hydrogen-bond donors (Lipinski definition) is 1. The van der Waals surface area contributed by atoms with Gasteiger partial charge in [0.2, 0.25) is 0 Å². The first-order chi connectivity index (χ1) is 11.1. The van der Waals surface area contributed by atoms with Gasteiger partial charge in [0.1, 0.15) is 11.4 Å². The minimum absolute atomic E-state index is 0.0629. The summed E-state index contributed by atoms with van der Waals surface area (Å²) in [5.74, 6) is 1.34. The summed E-state index contributed by atoms with van der Waals surface area (Å²) in [7, 11) is 0. The molecule has 23 heavy (non-hydrogen) atoms. The van der Waals surface area contributed by atoms with E-state index >= 15 is 0 Å². The van der Waals surface area contributed by atoms with Gasteiger partial charge in [-0.3, -0.25) is 4.79 Å². The Morgan fingerprint density at radius 2 is 1.96 bits per heavy atom. The summed E-state index contributed by atoms with van der Waals surface area (Å²) in [5.41, 5.74) is 1.30. The Kier molecular flexibility index (Phi) is 3.60. The molecule has 1 aromatic heterocycles. The fourth-order valence-electron chi connectivity index (χ4n) is 3.96. The van der Waals surface area contributed by atoms with Crippen molar-refractivity contribution in [2.45, 2.75) is 19.8 Å². The van der Waals surface area contributed by atoms with Gasteiger partial charge < -0.3 is 14.6 Å². The van der Waals surface area contributed by atoms with Gasteiger partial charge in [-0.25, -0.2) is 4.39 Å². The van der Waals surface area contributed by atoms with E-state index in [1.165, 1.54) is 12.1 Å². The number of fused-ring (bicyclic) bond motifs is 2. The van der Waals surface area contributed by atoms with Crippen molar-refractivity contribution in [2.24, 2.45) is 11.8 Å². The summed E-state index contributed by atoms with van der Waals surface area (Å²) in [6.45, 7) is 5.50. The molecule has 2 atom stereocenters. The van der Waals surface area contributed by atoms with Crippen LogP contribution in [0.25, 0.3) is 11.0 Å². The topological polar surface area (TPSA) is 45.5 Å². The third-order valence-electron chi connectivity index (χ3n) is 5.40. The molecule has 0 radical (unpaired) electrons. The van der Waals surface area contributed by atoms with Gasteiger partial charge in [-0.15, -0.1) is 0 Å². The van der Waals surface area contributed by atoms with Crippen molar-refractivity contribution in [3.63, 3.8) is 0 Å². The lowest BCUT2D eigenvalue weighted by Gasteiger charge is -2.20. The van der Waals surface area contributed by atoms with Crippen LogP contribution in [-0.4, -0.2) is 37.0 Å². The maximum atomic E-state index is 13.4. The van der Waals surface area contributed by atoms with Crippen molar-refractivity contribution in [1.82, 2.24) is 10.2 Å². The standard InChI is InChI=1S/C18H21FN2O2/c1-11-15-8-14(19)2-3-16(15)23-17(11)18(22)21-6-4-12-9-20-10-13(12)5-7-21/h2-3,8,12-13,20H,4-7,9-10H2,1H3/t12-,13+. The summed E-state index contributed by atoms with van der Waals surface area (Å²) in [5, 5.41) is 4.13. The van der Waals surface area contributed by atoms with Gasteiger partial charge in [0.15, 0.2) is 5.76 Å². The maximum absolute atomic E-state index is 13.4. The number of amides is 1. The van der Waals surface area contributed by atoms with Crippen LogP contribution in [0.2, 0.25) is 0 Å². The number of carbonyl (C=O) groups excluding carboxylic acids is 1. The van der Waals surface area contributed by atoms with Gasteiger partial charge in [-0.2, -0.15) is 0 Å². The lowest BCUT2D eigenvalue weighted by Crippen LogP contribution is -2.32. The van der Waals surface area contributed by atoms with Crippen molar-refractivity contribution in [3.05, 3.63) is 35.3 Å². The van der Waals surface area contributed by atoms with E-state index in [0.717, 1.165) is 44.6 Å². The highest BCUT2D eigenvalue weighted by atomic mass is 19.1. The van der Waals surface area contributed by atoms with E-state index < -0.39 is 0 Å². The molecular weight excluding hydrogens is 295 g/mol. The molecule has 0 bridgehead atoms. The lowest BCUT2D eigenvalue weighted by molar-refractivity contribution is 0.0728. The summed E-state index contributed by atoms with van der Waals surface area (Å²) < 4.78 is 19.2. The van der Waals surface area contributed by atoms with E-state index in [0.29, 0.717) is 28.6 Å². The number of benzene rings is 1. The maximum Gasteiger partial charge on any atom is 0.289 e. The zero-order valence-electron chi connectivity index (χ0n) is 13.3. The zero-order valence-corrected chi connectivity index (χ0v) is 13.3. The largest absolute Gasteiger partial charge is 0.451 e. The average molecular weight is 316 g/mol. The molecule has 0 spiro atoms. The van der Waals surface area contributed by atoms with Crippen LogP contribution in [0.1, 0.15) is 29.0 Å². The number of likely N-dealkylation sites (tertiary alicyclic amines) is 1. The number of nitrogens with one attached hydrogen (secondary N) is 1. The molecule has 2 aliphatic rings. The Morgan fingerprint density at radius 1 is 1.26 bits per heavy atom. The Balaban J connectivity index is 1.60. The summed E-state index contributed by atoms with van der Waals surface area (Å²) in [6.07, 6.45) is 2.08. The highest BCUT2D eigenvalue weighted by Gasteiger charge is 2.33. The van der Waals surface area contributed by atoms with Crippen LogP contribution < -0.4 is 5.32 Å². The Hall–Kier alpha value is -1.88. The van der Waals surface area contributed by atoms with Crippen molar-refractivity contribution in [2.75, 3.05) is 26.2 Å². The van der Waals surface area contributed by atoms with E-state index in [2.05, 4.69) is 5.32 Å². The van der Waals surface area contributed by atoms with Crippen molar-refractivity contribution >= 4 is 16.9 Å². The number of carbonyl (C=O) groups is 1. The highest BCUT2D eigenvalue weighted by Crippen LogP contribution is 2.30. The fourth-order valence-corrected chi connectivity index (χ4v) is 3.96. The van der Waals surface area contributed by atoms with Crippen LogP contribution in [0, 0.1) is 24.6 Å². The minimum Gasteiger partial charge on any atom is -0.451 e. The van der Waals surface area contributed by atoms with Crippen LogP contribution in [0.15, 0.2) is 22.6 Å². The molecule has 2 fully saturated rings. The molecule has 2 aliphatic heterocycles. The van der Waals surface area contributed by atoms with E-state index in [4.69, 9.17) is 4.42 Å². The SMILES string of the molecule is Cc1c(C(=O)N2CC[C@@H]3CNC[C@@H]3CC2)oc2ccc(F)cc12. The Labute approximate surface area is 134 Å². The van der Waals surface area contributed by atoms with E-state index in [-0.39, 0.29) is 11.7 Å².